The van der Waals surface area contributed by atoms with Gasteiger partial charge in [-0.05, 0) is 18.2 Å². The molecule has 0 fully saturated rings. The van der Waals surface area contributed by atoms with Gasteiger partial charge in [0.2, 0.25) is 0 Å². The van der Waals surface area contributed by atoms with Gasteiger partial charge in [-0.15, -0.1) is 0 Å². The van der Waals surface area contributed by atoms with Crippen LogP contribution in [0.2, 0.25) is 0 Å². The van der Waals surface area contributed by atoms with Crippen molar-refractivity contribution in [1.82, 2.24) is 9.97 Å². The Morgan fingerprint density at radius 1 is 1.21 bits per heavy atom. The van der Waals surface area contributed by atoms with E-state index in [0.29, 0.717) is 0 Å². The molecule has 2 rings (SSSR count). The topological polar surface area (TPSA) is 72.0 Å². The molecule has 0 radical (unpaired) electrons. The van der Waals surface area contributed by atoms with Gasteiger partial charge in [-0.25, -0.2) is 0 Å². The Morgan fingerprint density at radius 2 is 1.95 bits per heavy atom. The Labute approximate surface area is 106 Å². The molecule has 0 saturated carbocycles. The van der Waals surface area contributed by atoms with E-state index in [-0.39, 0.29) is 16.9 Å². The average molecular weight is 269 g/mol. The number of aliphatic hydroxyl groups is 1. The summed E-state index contributed by atoms with van der Waals surface area (Å²) in [6.07, 6.45) is -1.85. The number of hydrogen-bond donors (Lipinski definition) is 2. The zero-order valence-corrected chi connectivity index (χ0v) is 9.59. The molecule has 1 aromatic heterocycles. The Bertz CT molecular complexity index is 572. The largest absolute Gasteiger partial charge is 0.416 e. The van der Waals surface area contributed by atoms with E-state index in [0.717, 1.165) is 18.2 Å². The maximum Gasteiger partial charge on any atom is 0.416 e. The summed E-state index contributed by atoms with van der Waals surface area (Å²) in [5, 5.41) is 10.0. The normalized spacial score (nSPS) is 13.3. The number of halogens is 3. The summed E-state index contributed by atoms with van der Waals surface area (Å²) in [4.78, 5) is 7.59. The molecular formula is C12H10F3N3O. The van der Waals surface area contributed by atoms with Crippen molar-refractivity contribution < 1.29 is 18.3 Å². The highest BCUT2D eigenvalue weighted by atomic mass is 19.4. The summed E-state index contributed by atoms with van der Waals surface area (Å²) in [7, 11) is 0. The second kappa shape index (κ2) is 4.85. The molecule has 0 aliphatic rings. The Morgan fingerprint density at radius 3 is 2.53 bits per heavy atom. The van der Waals surface area contributed by atoms with Gasteiger partial charge in [0.15, 0.2) is 0 Å². The average Bonchev–Trinajstić information content (AvgIpc) is 2.38. The number of hydrogen-bond acceptors (Lipinski definition) is 4. The van der Waals surface area contributed by atoms with E-state index >= 15 is 0 Å². The fourth-order valence-electron chi connectivity index (χ4n) is 1.60. The summed E-state index contributed by atoms with van der Waals surface area (Å²) in [5.74, 6) is 0. The molecule has 0 aliphatic carbocycles. The molecule has 0 aliphatic heterocycles. The molecular weight excluding hydrogens is 259 g/mol. The minimum absolute atomic E-state index is 0.0460. The number of alkyl halides is 3. The van der Waals surface area contributed by atoms with E-state index in [4.69, 9.17) is 5.73 Å². The fourth-order valence-corrected chi connectivity index (χ4v) is 1.60. The Kier molecular flexibility index (Phi) is 3.39. The first-order chi connectivity index (χ1) is 8.89. The molecule has 1 unspecified atom stereocenters. The van der Waals surface area contributed by atoms with E-state index in [1.165, 1.54) is 18.6 Å². The molecule has 1 aromatic carbocycles. The first-order valence-corrected chi connectivity index (χ1v) is 5.30. The van der Waals surface area contributed by atoms with Gasteiger partial charge in [0, 0.05) is 23.6 Å². The number of rotatable bonds is 2. The first-order valence-electron chi connectivity index (χ1n) is 5.30. The van der Waals surface area contributed by atoms with Crippen molar-refractivity contribution in [2.75, 3.05) is 5.73 Å². The van der Waals surface area contributed by atoms with Gasteiger partial charge < -0.3 is 10.8 Å². The Balaban J connectivity index is 2.45. The monoisotopic (exact) mass is 269 g/mol. The summed E-state index contributed by atoms with van der Waals surface area (Å²) < 4.78 is 37.8. The number of nitrogens with two attached hydrogens (primary N) is 1. The van der Waals surface area contributed by atoms with Gasteiger partial charge in [-0.3, -0.25) is 9.97 Å². The lowest BCUT2D eigenvalue weighted by Crippen LogP contribution is -2.10. The van der Waals surface area contributed by atoms with Gasteiger partial charge in [0.1, 0.15) is 6.10 Å². The van der Waals surface area contributed by atoms with E-state index < -0.39 is 17.8 Å². The molecule has 0 amide bonds. The van der Waals surface area contributed by atoms with Crippen LogP contribution in [0.25, 0.3) is 0 Å². The number of aromatic nitrogens is 2. The zero-order valence-electron chi connectivity index (χ0n) is 9.59. The molecule has 4 nitrogen and oxygen atoms in total. The van der Waals surface area contributed by atoms with Crippen molar-refractivity contribution in [2.45, 2.75) is 12.3 Å². The minimum atomic E-state index is -4.50. The van der Waals surface area contributed by atoms with Crippen molar-refractivity contribution in [3.05, 3.63) is 53.6 Å². The van der Waals surface area contributed by atoms with Crippen molar-refractivity contribution in [1.29, 1.82) is 0 Å². The molecule has 2 aromatic rings. The third-order valence-corrected chi connectivity index (χ3v) is 2.57. The van der Waals surface area contributed by atoms with Gasteiger partial charge in [-0.1, -0.05) is 0 Å². The van der Waals surface area contributed by atoms with E-state index in [1.807, 2.05) is 0 Å². The summed E-state index contributed by atoms with van der Waals surface area (Å²) in [6.45, 7) is 0. The quantitative estimate of drug-likeness (QED) is 0.819. The second-order valence-electron chi connectivity index (χ2n) is 3.87. The molecule has 3 N–H and O–H groups in total. The van der Waals surface area contributed by atoms with Crippen LogP contribution in [0.3, 0.4) is 0 Å². The third-order valence-electron chi connectivity index (χ3n) is 2.57. The number of anilines is 1. The van der Waals surface area contributed by atoms with Crippen LogP contribution >= 0.6 is 0 Å². The molecule has 1 atom stereocenters. The summed E-state index contributed by atoms with van der Waals surface area (Å²) in [5.41, 5.74) is 4.87. The maximum absolute atomic E-state index is 12.6. The summed E-state index contributed by atoms with van der Waals surface area (Å²) >= 11 is 0. The van der Waals surface area contributed by atoms with E-state index in [9.17, 15) is 18.3 Å². The molecule has 100 valence electrons. The van der Waals surface area contributed by atoms with Crippen LogP contribution in [0.4, 0.5) is 18.9 Å². The van der Waals surface area contributed by atoms with Crippen molar-refractivity contribution in [3.63, 3.8) is 0 Å². The number of aliphatic hydroxyl groups excluding tert-OH is 1. The van der Waals surface area contributed by atoms with Crippen LogP contribution in [-0.2, 0) is 6.18 Å². The van der Waals surface area contributed by atoms with Crippen LogP contribution in [0.15, 0.2) is 36.8 Å². The minimum Gasteiger partial charge on any atom is -0.398 e. The number of nitrogen functional groups attached to an aromatic ring is 1. The zero-order chi connectivity index (χ0) is 14.0. The molecule has 19 heavy (non-hydrogen) atoms. The van der Waals surface area contributed by atoms with Crippen molar-refractivity contribution in [3.8, 4) is 0 Å². The number of nitrogens with zero attached hydrogens (tertiary/aromatic N) is 2. The van der Waals surface area contributed by atoms with E-state index in [1.54, 1.807) is 0 Å². The molecule has 0 bridgehead atoms. The van der Waals surface area contributed by atoms with Crippen LogP contribution in [0.5, 0.6) is 0 Å². The predicted molar refractivity (Wildman–Crippen MR) is 62.0 cm³/mol. The highest BCUT2D eigenvalue weighted by Crippen LogP contribution is 2.34. The van der Waals surface area contributed by atoms with Crippen molar-refractivity contribution in [2.24, 2.45) is 0 Å². The van der Waals surface area contributed by atoms with Crippen LogP contribution in [-0.4, -0.2) is 15.1 Å². The molecule has 0 saturated heterocycles. The van der Waals surface area contributed by atoms with Gasteiger partial charge in [0.05, 0.1) is 17.5 Å². The third kappa shape index (κ3) is 2.82. The highest BCUT2D eigenvalue weighted by molar-refractivity contribution is 5.52. The van der Waals surface area contributed by atoms with Crippen LogP contribution in [0.1, 0.15) is 22.9 Å². The predicted octanol–water partition coefficient (Wildman–Crippen LogP) is 2.16. The smallest absolute Gasteiger partial charge is 0.398 e. The molecule has 1 heterocycles. The first kappa shape index (κ1) is 13.3. The van der Waals surface area contributed by atoms with Gasteiger partial charge in [-0.2, -0.15) is 13.2 Å². The lowest BCUT2D eigenvalue weighted by Gasteiger charge is -2.15. The van der Waals surface area contributed by atoms with Crippen molar-refractivity contribution >= 4 is 5.69 Å². The fraction of sp³-hybridized carbons (Fsp3) is 0.167. The highest BCUT2D eigenvalue weighted by Gasteiger charge is 2.31. The molecule has 0 spiro atoms. The van der Waals surface area contributed by atoms with Crippen LogP contribution < -0.4 is 5.73 Å². The molecule has 7 heteroatoms. The van der Waals surface area contributed by atoms with Crippen LogP contribution in [0, 0.1) is 0 Å². The van der Waals surface area contributed by atoms with Gasteiger partial charge >= 0.3 is 6.18 Å². The second-order valence-corrected chi connectivity index (χ2v) is 3.87. The Hall–Kier alpha value is -2.15. The maximum atomic E-state index is 12.6. The standard InChI is InChI=1S/C12H10F3N3O/c13-12(14,15)7-1-2-9(16)8(5-7)11(19)10-6-17-3-4-18-10/h1-6,11,19H,16H2. The lowest BCUT2D eigenvalue weighted by molar-refractivity contribution is -0.137. The van der Waals surface area contributed by atoms with Gasteiger partial charge in [0.25, 0.3) is 0 Å². The SMILES string of the molecule is Nc1ccc(C(F)(F)F)cc1C(O)c1cnccn1. The van der Waals surface area contributed by atoms with E-state index in [2.05, 4.69) is 9.97 Å². The summed E-state index contributed by atoms with van der Waals surface area (Å²) in [6, 6.07) is 2.79. The lowest BCUT2D eigenvalue weighted by atomic mass is 10.0. The number of benzene rings is 1.